The van der Waals surface area contributed by atoms with Crippen molar-refractivity contribution in [2.45, 2.75) is 31.3 Å². The summed E-state index contributed by atoms with van der Waals surface area (Å²) in [4.78, 5) is 29.0. The van der Waals surface area contributed by atoms with E-state index in [1.807, 2.05) is 0 Å². The van der Waals surface area contributed by atoms with Crippen LogP contribution >= 0.6 is 0 Å². The molecule has 3 atom stereocenters. The van der Waals surface area contributed by atoms with Crippen LogP contribution in [-0.4, -0.2) is 45.4 Å². The summed E-state index contributed by atoms with van der Waals surface area (Å²) in [5.41, 5.74) is 0.133. The zero-order valence-corrected chi connectivity index (χ0v) is 19.2. The summed E-state index contributed by atoms with van der Waals surface area (Å²) >= 11 is 0. The maximum atomic E-state index is 14.6. The van der Waals surface area contributed by atoms with Gasteiger partial charge in [0.1, 0.15) is 12.9 Å². The van der Waals surface area contributed by atoms with Crippen LogP contribution in [-0.2, 0) is 4.74 Å². The molecular formula is C26H16F5N3O4. The van der Waals surface area contributed by atoms with Gasteiger partial charge in [-0.25, -0.2) is 22.0 Å². The number of nitrogens with zero attached hydrogens (tertiary/aromatic N) is 1. The predicted molar refractivity (Wildman–Crippen MR) is 126 cm³/mol. The molecule has 4 heterocycles. The Balaban J connectivity index is 1.74. The third kappa shape index (κ3) is 2.95. The van der Waals surface area contributed by atoms with Crippen LogP contribution in [0.3, 0.4) is 0 Å². The minimum absolute atomic E-state index is 0.0137. The first-order valence-electron chi connectivity index (χ1n) is 11.7. The molecule has 2 aliphatic heterocycles. The number of rotatable bonds is 2. The van der Waals surface area contributed by atoms with E-state index >= 15 is 0 Å². The number of benzene rings is 3. The van der Waals surface area contributed by atoms with E-state index in [4.69, 9.17) is 4.74 Å². The molecule has 0 spiro atoms. The highest BCUT2D eigenvalue weighted by molar-refractivity contribution is 6.39. The van der Waals surface area contributed by atoms with Crippen molar-refractivity contribution >= 4 is 55.4 Å². The van der Waals surface area contributed by atoms with Crippen molar-refractivity contribution in [3.05, 3.63) is 58.7 Å². The van der Waals surface area contributed by atoms with Gasteiger partial charge in [-0.3, -0.25) is 14.9 Å². The largest absolute Gasteiger partial charge is 0.393 e. The highest BCUT2D eigenvalue weighted by Crippen LogP contribution is 2.46. The normalized spacial score (nSPS) is 21.8. The molecule has 0 radical (unpaired) electrons. The van der Waals surface area contributed by atoms with Gasteiger partial charge in [0.2, 0.25) is 0 Å². The smallest absolute Gasteiger partial charge is 0.259 e. The van der Waals surface area contributed by atoms with E-state index in [0.29, 0.717) is 0 Å². The number of ether oxygens (including phenoxy) is 1. The van der Waals surface area contributed by atoms with Gasteiger partial charge in [-0.15, -0.1) is 0 Å². The fourth-order valence-electron chi connectivity index (χ4n) is 5.89. The lowest BCUT2D eigenvalue weighted by Crippen LogP contribution is -2.35. The van der Waals surface area contributed by atoms with Crippen molar-refractivity contribution < 1.29 is 41.4 Å². The summed E-state index contributed by atoms with van der Waals surface area (Å²) in [6.07, 6.45) is -3.12. The molecule has 3 aromatic carbocycles. The minimum Gasteiger partial charge on any atom is -0.393 e. The summed E-state index contributed by atoms with van der Waals surface area (Å²) < 4.78 is 78.5. The zero-order chi connectivity index (χ0) is 26.6. The van der Waals surface area contributed by atoms with Crippen LogP contribution in [0.2, 0.25) is 0 Å². The molecule has 0 aliphatic carbocycles. The lowest BCUT2D eigenvalue weighted by Gasteiger charge is -2.33. The Kier molecular flexibility index (Phi) is 4.71. The standard InChI is InChI=1S/C26H16F5N3O4/c27-7-9-1-8(35)2-18(38-9)34-17-6-15(31)13(29)4-11(17)20-22-21(25(36)33-26(22)37)19-10-3-12(28)14(30)5-16(10)32-23(19)24(20)34/h3-6,8-9,18,32,35H,1-2,7H2,(H,33,36,37). The number of aliphatic hydroxyl groups is 1. The molecule has 5 aromatic rings. The summed E-state index contributed by atoms with van der Waals surface area (Å²) in [5.74, 6) is -6.40. The predicted octanol–water partition coefficient (Wildman–Crippen LogP) is 4.88. The molecule has 7 rings (SSSR count). The maximum absolute atomic E-state index is 14.6. The Hall–Kier alpha value is -4.03. The number of fused-ring (bicyclic) bond motifs is 10. The highest BCUT2D eigenvalue weighted by Gasteiger charge is 2.39. The number of nitrogens with one attached hydrogen (secondary N) is 2. The second-order valence-electron chi connectivity index (χ2n) is 9.59. The lowest BCUT2D eigenvalue weighted by molar-refractivity contribution is -0.130. The first kappa shape index (κ1) is 23.1. The number of aromatic amines is 1. The number of amides is 2. The molecule has 0 bridgehead atoms. The molecule has 2 aromatic heterocycles. The van der Waals surface area contributed by atoms with E-state index in [-0.39, 0.29) is 67.6 Å². The molecule has 38 heavy (non-hydrogen) atoms. The molecule has 0 saturated carbocycles. The van der Waals surface area contributed by atoms with E-state index in [1.54, 1.807) is 0 Å². The quantitative estimate of drug-likeness (QED) is 0.225. The van der Waals surface area contributed by atoms with Gasteiger partial charge in [-0.2, -0.15) is 0 Å². The summed E-state index contributed by atoms with van der Waals surface area (Å²) in [5, 5.41) is 13.0. The number of hydrogen-bond acceptors (Lipinski definition) is 4. The van der Waals surface area contributed by atoms with Gasteiger partial charge in [-0.05, 0) is 12.1 Å². The topological polar surface area (TPSA) is 96.4 Å². The van der Waals surface area contributed by atoms with E-state index in [0.717, 1.165) is 24.3 Å². The number of hydrogen-bond donors (Lipinski definition) is 3. The van der Waals surface area contributed by atoms with Crippen molar-refractivity contribution in [3.63, 3.8) is 0 Å². The molecular weight excluding hydrogens is 513 g/mol. The molecule has 2 aliphatic rings. The Morgan fingerprint density at radius 2 is 1.53 bits per heavy atom. The van der Waals surface area contributed by atoms with Crippen LogP contribution in [0.25, 0.3) is 43.6 Å². The molecule has 7 nitrogen and oxygen atoms in total. The lowest BCUT2D eigenvalue weighted by atomic mass is 9.96. The number of alkyl halides is 1. The van der Waals surface area contributed by atoms with Crippen LogP contribution < -0.4 is 5.32 Å². The number of imide groups is 1. The van der Waals surface area contributed by atoms with Crippen LogP contribution in [0.4, 0.5) is 22.0 Å². The number of H-pyrrole nitrogens is 1. The second kappa shape index (κ2) is 7.74. The average molecular weight is 529 g/mol. The van der Waals surface area contributed by atoms with E-state index in [9.17, 15) is 36.6 Å². The minimum atomic E-state index is -1.22. The number of halogens is 5. The number of carbonyl (C=O) groups is 2. The molecule has 3 unspecified atom stereocenters. The second-order valence-corrected chi connectivity index (χ2v) is 9.59. The summed E-state index contributed by atoms with van der Waals surface area (Å²) in [6.45, 7) is -0.916. The highest BCUT2D eigenvalue weighted by atomic mass is 19.2. The van der Waals surface area contributed by atoms with Crippen molar-refractivity contribution in [2.24, 2.45) is 0 Å². The van der Waals surface area contributed by atoms with Crippen LogP contribution in [0.15, 0.2) is 24.3 Å². The Bertz CT molecular complexity index is 1900. The Labute approximate surface area is 208 Å². The van der Waals surface area contributed by atoms with Crippen molar-refractivity contribution in [3.8, 4) is 0 Å². The van der Waals surface area contributed by atoms with Gasteiger partial charge < -0.3 is 19.4 Å². The number of carbonyl (C=O) groups excluding carboxylic acids is 2. The van der Waals surface area contributed by atoms with Crippen molar-refractivity contribution in [1.82, 2.24) is 14.9 Å². The maximum Gasteiger partial charge on any atom is 0.259 e. The van der Waals surface area contributed by atoms with Crippen molar-refractivity contribution in [2.75, 3.05) is 6.67 Å². The first-order valence-corrected chi connectivity index (χ1v) is 11.7. The average Bonchev–Trinajstić information content (AvgIpc) is 3.48. The fourth-order valence-corrected chi connectivity index (χ4v) is 5.89. The molecule has 194 valence electrons. The number of aliphatic hydroxyl groups excluding tert-OH is 1. The molecule has 3 N–H and O–H groups in total. The van der Waals surface area contributed by atoms with Gasteiger partial charge in [0, 0.05) is 52.0 Å². The van der Waals surface area contributed by atoms with E-state index < -0.39 is 60.2 Å². The SMILES string of the molecule is O=C1NC(=O)c2c1c1c3cc(F)c(F)cc3[nH]c1c1c2c2cc(F)c(F)cc2n1C1CC(O)CC(CF)O1. The van der Waals surface area contributed by atoms with E-state index in [1.165, 1.54) is 4.57 Å². The van der Waals surface area contributed by atoms with Crippen LogP contribution in [0, 0.1) is 23.3 Å². The van der Waals surface area contributed by atoms with Gasteiger partial charge >= 0.3 is 0 Å². The van der Waals surface area contributed by atoms with Gasteiger partial charge in [0.15, 0.2) is 23.3 Å². The molecule has 1 saturated heterocycles. The molecule has 2 amide bonds. The van der Waals surface area contributed by atoms with Gasteiger partial charge in [0.05, 0.1) is 39.9 Å². The number of aromatic nitrogens is 2. The molecule has 12 heteroatoms. The summed E-state index contributed by atoms with van der Waals surface area (Å²) in [7, 11) is 0. The van der Waals surface area contributed by atoms with Crippen LogP contribution in [0.5, 0.6) is 0 Å². The van der Waals surface area contributed by atoms with Gasteiger partial charge in [-0.1, -0.05) is 0 Å². The Morgan fingerprint density at radius 3 is 2.24 bits per heavy atom. The first-order chi connectivity index (χ1) is 18.2. The summed E-state index contributed by atoms with van der Waals surface area (Å²) in [6, 6.07) is 3.54. The van der Waals surface area contributed by atoms with Gasteiger partial charge in [0.25, 0.3) is 11.8 Å². The molecule has 1 fully saturated rings. The van der Waals surface area contributed by atoms with Crippen molar-refractivity contribution in [1.29, 1.82) is 0 Å². The van der Waals surface area contributed by atoms with E-state index in [2.05, 4.69) is 10.3 Å². The zero-order valence-electron chi connectivity index (χ0n) is 19.2. The monoisotopic (exact) mass is 529 g/mol. The fraction of sp³-hybridized carbons (Fsp3) is 0.231. The third-order valence-electron chi connectivity index (χ3n) is 7.37. The Morgan fingerprint density at radius 1 is 0.895 bits per heavy atom. The third-order valence-corrected chi connectivity index (χ3v) is 7.37. The van der Waals surface area contributed by atoms with Crippen LogP contribution in [0.1, 0.15) is 39.8 Å².